The smallest absolute Gasteiger partial charge is 0.209 e. The standard InChI is InChI=1S/C37H40Br2N5O/c1-8-44(7,23-38)17-11-16-43-31-15-14-25(39)18-29(31)37(4,5)33(43)20-27-34(24(21-40)22-41)26(35(27)45)19-32-36(2,3)28-12-9-10-13-30(28)42(32)6/h9-10,12-15,18-20H,8,11,16-17,23H2,1-7H3/q+1. The molecule has 2 aromatic rings. The number of ketones is 1. The first-order valence-corrected chi connectivity index (χ1v) is 17.3. The number of Topliss-reactive ketones (excluding diaryl/α,β-unsaturated/α-hetero) is 1. The maximum Gasteiger partial charge on any atom is 0.209 e. The Labute approximate surface area is 284 Å². The average molecular weight is 731 g/mol. The number of carbonyl (C=O) groups excluding carboxylic acids is 1. The van der Waals surface area contributed by atoms with Crippen molar-refractivity contribution in [2.45, 2.75) is 51.9 Å². The number of halogens is 2. The quantitative estimate of drug-likeness (QED) is 0.0503. The Kier molecular flexibility index (Phi) is 8.89. The van der Waals surface area contributed by atoms with Crippen LogP contribution in [-0.4, -0.2) is 65.6 Å². The molecule has 0 bridgehead atoms. The van der Waals surface area contributed by atoms with Crippen molar-refractivity contribution in [2.24, 2.45) is 0 Å². The van der Waals surface area contributed by atoms with Crippen molar-refractivity contribution >= 4 is 60.6 Å². The van der Waals surface area contributed by atoms with Crippen molar-refractivity contribution in [2.75, 3.05) is 44.1 Å². The summed E-state index contributed by atoms with van der Waals surface area (Å²) in [5, 5.41) is 20.1. The van der Waals surface area contributed by atoms with E-state index in [4.69, 9.17) is 0 Å². The summed E-state index contributed by atoms with van der Waals surface area (Å²) in [5.74, 6) is 1.94. The zero-order valence-electron chi connectivity index (χ0n) is 27.1. The minimum absolute atomic E-state index is 0.0415. The van der Waals surface area contributed by atoms with Crippen LogP contribution in [0.15, 0.2) is 87.1 Å². The van der Waals surface area contributed by atoms with Gasteiger partial charge in [0.2, 0.25) is 5.69 Å². The average Bonchev–Trinajstić information content (AvgIpc) is 3.35. The van der Waals surface area contributed by atoms with E-state index in [0.29, 0.717) is 16.7 Å². The minimum Gasteiger partial charge on any atom is -0.762 e. The molecule has 1 aliphatic carbocycles. The molecule has 0 saturated heterocycles. The molecule has 3 aliphatic rings. The van der Waals surface area contributed by atoms with Gasteiger partial charge in [-0.3, -0.25) is 4.79 Å². The van der Waals surface area contributed by atoms with E-state index in [-0.39, 0.29) is 16.8 Å². The van der Waals surface area contributed by atoms with Crippen LogP contribution in [0.4, 0.5) is 11.4 Å². The number of hydrogen-bond acceptors (Lipinski definition) is 3. The summed E-state index contributed by atoms with van der Waals surface area (Å²) in [6.45, 7) is 13.7. The molecule has 0 radical (unpaired) electrons. The zero-order chi connectivity index (χ0) is 32.9. The molecule has 0 spiro atoms. The molecule has 6 nitrogen and oxygen atoms in total. The van der Waals surface area contributed by atoms with Crippen molar-refractivity contribution in [3.63, 3.8) is 0 Å². The fraction of sp³-hybridized carbons (Fsp3) is 0.378. The normalized spacial score (nSPS) is 21.0. The fourth-order valence-corrected chi connectivity index (χ4v) is 7.90. The Morgan fingerprint density at radius 2 is 1.82 bits per heavy atom. The molecule has 2 heterocycles. The monoisotopic (exact) mass is 728 g/mol. The minimum atomic E-state index is -0.404. The molecule has 5 rings (SSSR count). The third-order valence-electron chi connectivity index (χ3n) is 9.99. The summed E-state index contributed by atoms with van der Waals surface area (Å²) in [5.41, 5.74) is 7.87. The summed E-state index contributed by atoms with van der Waals surface area (Å²) in [7, 11) is 4.25. The Hall–Kier alpha value is -3.34. The highest BCUT2D eigenvalue weighted by Crippen LogP contribution is 2.50. The number of para-hydroxylation sites is 1. The lowest BCUT2D eigenvalue weighted by molar-refractivity contribution is -0.894. The molecule has 2 aromatic carbocycles. The predicted molar refractivity (Wildman–Crippen MR) is 191 cm³/mol. The van der Waals surface area contributed by atoms with Gasteiger partial charge in [-0.2, -0.15) is 9.84 Å². The van der Waals surface area contributed by atoms with Crippen LogP contribution in [0.1, 0.15) is 52.2 Å². The summed E-state index contributed by atoms with van der Waals surface area (Å²) in [6.07, 6.45) is 4.79. The van der Waals surface area contributed by atoms with Gasteiger partial charge in [-0.1, -0.05) is 48.0 Å². The summed E-state index contributed by atoms with van der Waals surface area (Å²) in [4.78, 5) is 16.4. The molecule has 0 saturated carbocycles. The molecular weight excluding hydrogens is 690 g/mol. The van der Waals surface area contributed by atoms with E-state index in [0.717, 1.165) is 63.2 Å². The largest absolute Gasteiger partial charge is 0.762 e. The Balaban J connectivity index is 1.64. The maximum absolute atomic E-state index is 14.1. The van der Waals surface area contributed by atoms with Crippen LogP contribution in [-0.2, 0) is 15.6 Å². The van der Waals surface area contributed by atoms with Gasteiger partial charge < -0.3 is 14.8 Å². The second kappa shape index (κ2) is 12.1. The van der Waals surface area contributed by atoms with Crippen molar-refractivity contribution < 1.29 is 13.9 Å². The number of alkyl halides is 1. The van der Waals surface area contributed by atoms with Crippen LogP contribution in [0.25, 0.3) is 5.41 Å². The van der Waals surface area contributed by atoms with E-state index in [1.54, 1.807) is 0 Å². The van der Waals surface area contributed by atoms with E-state index in [1.807, 2.05) is 31.3 Å². The van der Waals surface area contributed by atoms with Crippen LogP contribution >= 0.6 is 31.9 Å². The van der Waals surface area contributed by atoms with Gasteiger partial charge in [-0.25, -0.2) is 5.87 Å². The summed E-state index contributed by atoms with van der Waals surface area (Å²) < 4.78 is 4.02. The Morgan fingerprint density at radius 1 is 1.11 bits per heavy atom. The van der Waals surface area contributed by atoms with Crippen LogP contribution in [0.5, 0.6) is 0 Å². The predicted octanol–water partition coefficient (Wildman–Crippen LogP) is 7.84. The number of quaternary nitrogens is 1. The topological polar surface area (TPSA) is 69.4 Å². The van der Waals surface area contributed by atoms with E-state index in [2.05, 4.69) is 125 Å². The molecule has 232 valence electrons. The lowest BCUT2D eigenvalue weighted by atomic mass is 9.73. The summed E-state index contributed by atoms with van der Waals surface area (Å²) >= 11 is 7.35. The molecule has 45 heavy (non-hydrogen) atoms. The first-order valence-electron chi connectivity index (χ1n) is 15.3. The first-order chi connectivity index (χ1) is 21.2. The number of rotatable bonds is 9. The van der Waals surface area contributed by atoms with Crippen molar-refractivity contribution in [3.8, 4) is 6.07 Å². The third-order valence-corrected chi connectivity index (χ3v) is 11.7. The van der Waals surface area contributed by atoms with Crippen LogP contribution in [0, 0.1) is 11.3 Å². The summed E-state index contributed by atoms with van der Waals surface area (Å²) in [6, 6.07) is 16.7. The van der Waals surface area contributed by atoms with Crippen molar-refractivity contribution in [1.82, 2.24) is 0 Å². The number of benzene rings is 2. The van der Waals surface area contributed by atoms with Gasteiger partial charge >= 0.3 is 0 Å². The van der Waals surface area contributed by atoms with Gasteiger partial charge in [0.1, 0.15) is 18.6 Å². The van der Waals surface area contributed by atoms with Gasteiger partial charge in [0.05, 0.1) is 31.1 Å². The number of anilines is 1. The molecule has 0 aromatic heterocycles. The van der Waals surface area contributed by atoms with Gasteiger partial charge in [-0.15, -0.1) is 0 Å². The second-order valence-corrected chi connectivity index (χ2v) is 14.9. The number of hydrogen-bond donors (Lipinski definition) is 0. The number of fused-ring (bicyclic) bond motifs is 2. The molecular formula is C37H40Br2N5O+. The van der Waals surface area contributed by atoms with E-state index in [9.17, 15) is 15.5 Å². The van der Waals surface area contributed by atoms with Crippen LogP contribution in [0.2, 0.25) is 0 Å². The molecule has 1 unspecified atom stereocenters. The molecule has 2 aliphatic heterocycles. The lowest BCUT2D eigenvalue weighted by Crippen LogP contribution is -2.44. The number of allylic oxidation sites excluding steroid dienone is 7. The number of nitrogens with zero attached hydrogens (tertiary/aromatic N) is 5. The molecule has 1 atom stereocenters. The third kappa shape index (κ3) is 5.44. The SMILES string of the molecule is CC[N+](C)(CBr)CCCN1/C(=C/C2=C(C(=C=[N-])C#N)C(=C/C3=[N+](C)c4ccccc4C3(C)C)/C2=O)C(C)(C)c2cc(Br)ccc21. The van der Waals surface area contributed by atoms with E-state index >= 15 is 0 Å². The van der Waals surface area contributed by atoms with Gasteiger partial charge in [-0.05, 0) is 66.5 Å². The van der Waals surface area contributed by atoms with Gasteiger partial charge in [0.25, 0.3) is 0 Å². The van der Waals surface area contributed by atoms with Gasteiger partial charge in [0, 0.05) is 68.7 Å². The van der Waals surface area contributed by atoms with Gasteiger partial charge in [0.15, 0.2) is 11.5 Å². The number of nitriles is 1. The lowest BCUT2D eigenvalue weighted by Gasteiger charge is -2.33. The van der Waals surface area contributed by atoms with Crippen LogP contribution in [0.3, 0.4) is 0 Å². The van der Waals surface area contributed by atoms with E-state index in [1.165, 1.54) is 11.1 Å². The molecule has 0 fully saturated rings. The van der Waals surface area contributed by atoms with E-state index < -0.39 is 5.41 Å². The fourth-order valence-electron chi connectivity index (χ4n) is 6.93. The van der Waals surface area contributed by atoms with Crippen molar-refractivity contribution in [3.05, 3.63) is 104 Å². The van der Waals surface area contributed by atoms with Crippen LogP contribution < -0.4 is 4.90 Å². The Morgan fingerprint density at radius 3 is 2.44 bits per heavy atom. The zero-order valence-corrected chi connectivity index (χ0v) is 30.3. The molecule has 0 N–H and O–H groups in total. The molecule has 0 amide bonds. The number of carbonyl (C=O) groups is 1. The highest BCUT2D eigenvalue weighted by Gasteiger charge is 2.46. The second-order valence-electron chi connectivity index (χ2n) is 13.5. The van der Waals surface area contributed by atoms with Crippen molar-refractivity contribution in [1.29, 1.82) is 5.26 Å². The first kappa shape index (κ1) is 33.0. The maximum atomic E-state index is 14.1. The molecule has 8 heteroatoms. The highest BCUT2D eigenvalue weighted by atomic mass is 79.9. The Bertz CT molecular complexity index is 1820. The highest BCUT2D eigenvalue weighted by molar-refractivity contribution is 9.10.